The molecule has 0 aliphatic carbocycles. The molecule has 0 aromatic heterocycles. The van der Waals surface area contributed by atoms with Crippen LogP contribution in [0.4, 0.5) is 15.3 Å². The van der Waals surface area contributed by atoms with E-state index in [-0.39, 0.29) is 30.7 Å². The molecule has 0 bridgehead atoms. The minimum Gasteiger partial charge on any atom is -0.507 e. The number of amides is 4. The molecule has 1 saturated heterocycles. The lowest BCUT2D eigenvalue weighted by molar-refractivity contribution is -0.136. The number of piperidine rings is 1. The Morgan fingerprint density at radius 1 is 1.11 bits per heavy atom. The number of urea groups is 1. The van der Waals surface area contributed by atoms with E-state index in [1.807, 2.05) is 29.2 Å². The van der Waals surface area contributed by atoms with Crippen LogP contribution in [-0.2, 0) is 27.2 Å². The van der Waals surface area contributed by atoms with Gasteiger partial charge in [-0.15, -0.1) is 0 Å². The summed E-state index contributed by atoms with van der Waals surface area (Å²) >= 11 is 3.24. The molecule has 2 aliphatic heterocycles. The van der Waals surface area contributed by atoms with Gasteiger partial charge in [-0.3, -0.25) is 9.59 Å². The predicted molar refractivity (Wildman–Crippen MR) is 169 cm³/mol. The van der Waals surface area contributed by atoms with E-state index in [2.05, 4.69) is 54.4 Å². The largest absolute Gasteiger partial charge is 0.507 e. The van der Waals surface area contributed by atoms with Crippen molar-refractivity contribution in [2.24, 2.45) is 9.98 Å². The molecule has 232 valence electrons. The number of nitrogens with zero attached hydrogens (tertiary/aromatic N) is 4. The first-order valence-corrected chi connectivity index (χ1v) is 14.9. The highest BCUT2D eigenvalue weighted by molar-refractivity contribution is 9.10. The van der Waals surface area contributed by atoms with E-state index in [4.69, 9.17) is 9.84 Å². The van der Waals surface area contributed by atoms with Crippen molar-refractivity contribution >= 4 is 57.4 Å². The lowest BCUT2D eigenvalue weighted by Crippen LogP contribution is -2.50. The second-order valence-electron chi connectivity index (χ2n) is 10.1. The maximum Gasteiger partial charge on any atom is 0.410 e. The summed E-state index contributed by atoms with van der Waals surface area (Å²) in [7, 11) is 0. The Balaban J connectivity index is 1.40. The summed E-state index contributed by atoms with van der Waals surface area (Å²) in [5, 5.41) is 21.4. The fraction of sp³-hybridized carbons (Fsp3) is 0.312. The molecule has 0 saturated carbocycles. The molecule has 45 heavy (non-hydrogen) atoms. The normalized spacial score (nSPS) is 14.9. The van der Waals surface area contributed by atoms with E-state index in [9.17, 15) is 24.3 Å². The number of carbonyl (C=O) groups excluding carboxylic acids is 3. The lowest BCUT2D eigenvalue weighted by atomic mass is 10.0. The molecule has 2 heterocycles. The monoisotopic (exact) mass is 675 g/mol. The van der Waals surface area contributed by atoms with Crippen LogP contribution in [0.2, 0.25) is 0 Å². The molecule has 13 heteroatoms. The Kier molecular flexibility index (Phi) is 11.7. The van der Waals surface area contributed by atoms with Crippen LogP contribution in [0.15, 0.2) is 80.7 Å². The number of carboxylic acid groups (broad SMARTS) is 1. The molecule has 4 rings (SSSR count). The number of rotatable bonds is 8. The summed E-state index contributed by atoms with van der Waals surface area (Å²) in [6.07, 6.45) is 1.99. The SMILES string of the molecule is O=C(O)CC=C=C=CN=C=C=NC(=O)[C@@H](Cc1ccc(O)c(Br)c1)OC(=O)N1CCC(N2CCc3ccccc3NC2=O)CC1. The second kappa shape index (κ2) is 16.1. The molecule has 2 aliphatic rings. The smallest absolute Gasteiger partial charge is 0.410 e. The number of benzene rings is 2. The molecule has 1 fully saturated rings. The number of aliphatic imine (C=N–C) groups is 2. The van der Waals surface area contributed by atoms with Crippen molar-refractivity contribution in [3.05, 3.63) is 81.8 Å². The number of likely N-dealkylation sites (tertiary alicyclic amines) is 1. The lowest BCUT2D eigenvalue weighted by Gasteiger charge is -2.37. The first-order valence-electron chi connectivity index (χ1n) is 14.1. The molecule has 3 N–H and O–H groups in total. The molecule has 12 nitrogen and oxygen atoms in total. The fourth-order valence-electron chi connectivity index (χ4n) is 4.85. The molecule has 0 spiro atoms. The summed E-state index contributed by atoms with van der Waals surface area (Å²) in [5.41, 5.74) is 7.44. The van der Waals surface area contributed by atoms with E-state index in [1.165, 1.54) is 17.0 Å². The van der Waals surface area contributed by atoms with Crippen LogP contribution in [-0.4, -0.2) is 87.5 Å². The molecule has 4 amide bonds. The van der Waals surface area contributed by atoms with Gasteiger partial charge in [-0.25, -0.2) is 9.59 Å². The minimum absolute atomic E-state index is 0.0144. The number of carboxylic acids is 1. The van der Waals surface area contributed by atoms with Gasteiger partial charge in [-0.05, 0) is 76.3 Å². The van der Waals surface area contributed by atoms with E-state index in [0.717, 1.165) is 23.9 Å². The first kappa shape index (κ1) is 32.8. The third-order valence-corrected chi connectivity index (χ3v) is 7.76. The summed E-state index contributed by atoms with van der Waals surface area (Å²) in [5.74, 6) is 2.75. The van der Waals surface area contributed by atoms with Crippen LogP contribution in [0.1, 0.15) is 30.4 Å². The van der Waals surface area contributed by atoms with Crippen LogP contribution in [0.3, 0.4) is 0 Å². The Morgan fingerprint density at radius 3 is 2.64 bits per heavy atom. The minimum atomic E-state index is -1.30. The van der Waals surface area contributed by atoms with Crippen molar-refractivity contribution in [2.75, 3.05) is 25.0 Å². The number of hydrogen-bond acceptors (Lipinski definition) is 7. The average Bonchev–Trinajstić information content (AvgIpc) is 3.19. The predicted octanol–water partition coefficient (Wildman–Crippen LogP) is 4.48. The number of ether oxygens (including phenoxy) is 1. The highest BCUT2D eigenvalue weighted by Gasteiger charge is 2.33. The zero-order valence-corrected chi connectivity index (χ0v) is 25.7. The Hall–Kier alpha value is -5.14. The van der Waals surface area contributed by atoms with Gasteiger partial charge in [0.25, 0.3) is 5.91 Å². The van der Waals surface area contributed by atoms with Crippen molar-refractivity contribution in [3.63, 3.8) is 0 Å². The summed E-state index contributed by atoms with van der Waals surface area (Å²) in [4.78, 5) is 60.2. The van der Waals surface area contributed by atoms with Gasteiger partial charge in [0.05, 0.1) is 28.8 Å². The maximum absolute atomic E-state index is 13.2. The van der Waals surface area contributed by atoms with E-state index in [1.54, 1.807) is 12.1 Å². The number of aromatic hydroxyl groups is 1. The highest BCUT2D eigenvalue weighted by atomic mass is 79.9. The van der Waals surface area contributed by atoms with Crippen LogP contribution in [0.5, 0.6) is 5.75 Å². The number of carbonyl (C=O) groups is 4. The number of para-hydroxylation sites is 1. The molecule has 1 atom stereocenters. The molecular weight excluding hydrogens is 646 g/mol. The van der Waals surface area contributed by atoms with Gasteiger partial charge >= 0.3 is 18.1 Å². The summed E-state index contributed by atoms with van der Waals surface area (Å²) in [6.45, 7) is 1.24. The number of fused-ring (bicyclic) bond motifs is 1. The Labute approximate surface area is 267 Å². The number of phenolic OH excluding ortho intramolecular Hbond substituents is 1. The topological polar surface area (TPSA) is 161 Å². The number of halogens is 1. The van der Waals surface area contributed by atoms with Crippen molar-refractivity contribution < 1.29 is 34.1 Å². The number of aliphatic carboxylic acids is 1. The quantitative estimate of drug-likeness (QED) is 0.275. The second-order valence-corrected chi connectivity index (χ2v) is 11.0. The van der Waals surface area contributed by atoms with Gasteiger partial charge in [-0.2, -0.15) is 9.98 Å². The maximum atomic E-state index is 13.2. The van der Waals surface area contributed by atoms with E-state index < -0.39 is 24.1 Å². The standard InChI is InChI=1S/C32H30BrN5O7/c33-25-20-22(9-10-27(25)39)21-28(30(42)35-16-15-34-14-5-1-2-8-29(40)41)45-32(44)37-17-12-24(13-18-37)38-19-11-23-6-3-4-7-26(23)36-31(38)43/h2-4,6-7,9-10,14,20,24,28,39H,8,11-13,17-19,21H2,(H,36,43)(H,40,41)/t28-/m1/s1. The zero-order valence-electron chi connectivity index (χ0n) is 24.1. The van der Waals surface area contributed by atoms with Gasteiger partial charge in [0, 0.05) is 37.8 Å². The Bertz CT molecular complexity index is 1660. The first-order chi connectivity index (χ1) is 21.7. The van der Waals surface area contributed by atoms with Gasteiger partial charge in [-0.1, -0.05) is 30.0 Å². The third kappa shape index (κ3) is 9.68. The van der Waals surface area contributed by atoms with Crippen LogP contribution in [0.25, 0.3) is 0 Å². The van der Waals surface area contributed by atoms with Crippen molar-refractivity contribution in [2.45, 2.75) is 44.2 Å². The van der Waals surface area contributed by atoms with E-state index in [0.29, 0.717) is 42.5 Å². The van der Waals surface area contributed by atoms with Crippen LogP contribution in [0, 0.1) is 0 Å². The molecule has 2 aromatic rings. The average molecular weight is 677 g/mol. The molecule has 2 aromatic carbocycles. The zero-order chi connectivity index (χ0) is 32.2. The van der Waals surface area contributed by atoms with Crippen molar-refractivity contribution in [3.8, 4) is 5.75 Å². The van der Waals surface area contributed by atoms with Gasteiger partial charge < -0.3 is 30.1 Å². The number of hydrogen-bond donors (Lipinski definition) is 3. The van der Waals surface area contributed by atoms with Crippen LogP contribution >= 0.6 is 15.9 Å². The molecule has 0 unspecified atom stereocenters. The number of nitrogens with one attached hydrogen (secondary N) is 1. The highest BCUT2D eigenvalue weighted by Crippen LogP contribution is 2.27. The summed E-state index contributed by atoms with van der Waals surface area (Å²) < 4.78 is 6.03. The fourth-order valence-corrected chi connectivity index (χ4v) is 5.27. The summed E-state index contributed by atoms with van der Waals surface area (Å²) in [6, 6.07) is 12.1. The third-order valence-electron chi connectivity index (χ3n) is 7.13. The van der Waals surface area contributed by atoms with E-state index >= 15 is 0 Å². The number of phenols is 1. The van der Waals surface area contributed by atoms with Gasteiger partial charge in [0.1, 0.15) is 5.75 Å². The Morgan fingerprint density at radius 2 is 1.89 bits per heavy atom. The van der Waals surface area contributed by atoms with Gasteiger partial charge in [0.2, 0.25) is 0 Å². The van der Waals surface area contributed by atoms with Crippen molar-refractivity contribution in [1.29, 1.82) is 0 Å². The van der Waals surface area contributed by atoms with Crippen LogP contribution < -0.4 is 5.32 Å². The molecular formula is C32H30BrN5O7. The van der Waals surface area contributed by atoms with Crippen molar-refractivity contribution in [1.82, 2.24) is 9.80 Å². The number of anilines is 1. The molecule has 0 radical (unpaired) electrons. The van der Waals surface area contributed by atoms with Gasteiger partial charge in [0.15, 0.2) is 6.10 Å².